The van der Waals surface area contributed by atoms with Gasteiger partial charge in [0.2, 0.25) is 15.9 Å². The van der Waals surface area contributed by atoms with Crippen molar-refractivity contribution in [3.05, 3.63) is 77.9 Å². The molecule has 0 spiro atoms. The summed E-state index contributed by atoms with van der Waals surface area (Å²) in [5, 5.41) is 8.01. The van der Waals surface area contributed by atoms with Gasteiger partial charge < -0.3 is 21.5 Å². The summed E-state index contributed by atoms with van der Waals surface area (Å²) >= 11 is 0. The lowest BCUT2D eigenvalue weighted by atomic mass is 9.96. The Bertz CT molecular complexity index is 1340. The topological polar surface area (TPSA) is 168 Å². The molecule has 3 rings (SSSR count). The number of hydrogen-bond acceptors (Lipinski definition) is 6. The lowest BCUT2D eigenvalue weighted by molar-refractivity contribution is -0.111. The first-order valence-electron chi connectivity index (χ1n) is 9.59. The van der Waals surface area contributed by atoms with Crippen molar-refractivity contribution in [1.82, 2.24) is 0 Å². The Labute approximate surface area is 190 Å². The first-order valence-corrected chi connectivity index (χ1v) is 11.1. The van der Waals surface area contributed by atoms with Gasteiger partial charge in [-0.2, -0.15) is 0 Å². The Balaban J connectivity index is 2.09. The van der Waals surface area contributed by atoms with Crippen LogP contribution in [0.5, 0.6) is 5.75 Å². The predicted molar refractivity (Wildman–Crippen MR) is 127 cm³/mol. The molecule has 0 aliphatic rings. The summed E-state index contributed by atoms with van der Waals surface area (Å²) in [6.07, 6.45) is 2.35. The molecular weight excluding hydrogens is 444 g/mol. The van der Waals surface area contributed by atoms with Crippen LogP contribution in [0.4, 0.5) is 11.4 Å². The van der Waals surface area contributed by atoms with Crippen LogP contribution in [0, 0.1) is 0 Å². The molecule has 0 atom stereocenters. The molecule has 0 saturated heterocycles. The minimum absolute atomic E-state index is 0.00997. The van der Waals surface area contributed by atoms with Gasteiger partial charge in [-0.05, 0) is 47.5 Å². The number of ether oxygens (including phenoxy) is 1. The van der Waals surface area contributed by atoms with E-state index in [-0.39, 0.29) is 11.3 Å². The number of nitrogens with one attached hydrogen (secondary N) is 1. The SMILES string of the molecule is COc1ccc(NC(=O)C=Cc2cc(-c3ccccc3)c(N)c(C(N)=O)c2S(N)(=O)=O)cc1. The molecule has 0 aromatic heterocycles. The molecule has 0 fully saturated rings. The monoisotopic (exact) mass is 466 g/mol. The van der Waals surface area contributed by atoms with Crippen LogP contribution in [-0.4, -0.2) is 27.3 Å². The van der Waals surface area contributed by atoms with Crippen LogP contribution in [0.1, 0.15) is 15.9 Å². The number of benzene rings is 3. The van der Waals surface area contributed by atoms with E-state index in [0.717, 1.165) is 6.08 Å². The van der Waals surface area contributed by atoms with Gasteiger partial charge in [0.25, 0.3) is 5.91 Å². The van der Waals surface area contributed by atoms with E-state index in [1.54, 1.807) is 54.6 Å². The molecule has 10 heteroatoms. The van der Waals surface area contributed by atoms with E-state index in [1.807, 2.05) is 0 Å². The van der Waals surface area contributed by atoms with Crippen LogP contribution in [0.3, 0.4) is 0 Å². The third-order valence-corrected chi connectivity index (χ3v) is 5.74. The molecule has 170 valence electrons. The van der Waals surface area contributed by atoms with Gasteiger partial charge in [-0.25, -0.2) is 13.6 Å². The Morgan fingerprint density at radius 2 is 1.67 bits per heavy atom. The van der Waals surface area contributed by atoms with Crippen LogP contribution in [0.25, 0.3) is 17.2 Å². The fraction of sp³-hybridized carbons (Fsp3) is 0.0435. The third-order valence-electron chi connectivity index (χ3n) is 4.74. The van der Waals surface area contributed by atoms with Crippen molar-refractivity contribution in [2.24, 2.45) is 10.9 Å². The Morgan fingerprint density at radius 1 is 1.03 bits per heavy atom. The second kappa shape index (κ2) is 9.55. The number of nitrogen functional groups attached to an aromatic ring is 1. The lowest BCUT2D eigenvalue weighted by Gasteiger charge is -2.16. The number of carbonyl (C=O) groups is 2. The molecule has 0 aliphatic carbocycles. The molecule has 0 unspecified atom stereocenters. The van der Waals surface area contributed by atoms with Gasteiger partial charge in [-0.1, -0.05) is 30.3 Å². The summed E-state index contributed by atoms with van der Waals surface area (Å²) in [5.41, 5.74) is 12.5. The van der Waals surface area contributed by atoms with Crippen LogP contribution < -0.4 is 26.7 Å². The zero-order valence-electron chi connectivity index (χ0n) is 17.6. The highest BCUT2D eigenvalue weighted by molar-refractivity contribution is 7.89. The fourth-order valence-electron chi connectivity index (χ4n) is 3.26. The van der Waals surface area contributed by atoms with E-state index in [1.165, 1.54) is 19.3 Å². The van der Waals surface area contributed by atoms with Crippen molar-refractivity contribution in [1.29, 1.82) is 0 Å². The number of primary sulfonamides is 1. The van der Waals surface area contributed by atoms with Gasteiger partial charge >= 0.3 is 0 Å². The summed E-state index contributed by atoms with van der Waals surface area (Å²) in [7, 11) is -2.90. The Hall–Kier alpha value is -4.15. The first kappa shape index (κ1) is 23.5. The normalized spacial score (nSPS) is 11.3. The average molecular weight is 467 g/mol. The molecule has 33 heavy (non-hydrogen) atoms. The largest absolute Gasteiger partial charge is 0.497 e. The number of hydrogen-bond donors (Lipinski definition) is 4. The molecule has 3 aromatic rings. The maximum Gasteiger partial charge on any atom is 0.252 e. The van der Waals surface area contributed by atoms with E-state index >= 15 is 0 Å². The maximum absolute atomic E-state index is 12.4. The Morgan fingerprint density at radius 3 is 2.21 bits per heavy atom. The summed E-state index contributed by atoms with van der Waals surface area (Å²) in [6.45, 7) is 0. The van der Waals surface area contributed by atoms with Gasteiger partial charge in [0.05, 0.1) is 18.4 Å². The fourth-order valence-corrected chi connectivity index (χ4v) is 4.21. The van der Waals surface area contributed by atoms with E-state index < -0.39 is 32.3 Å². The third kappa shape index (κ3) is 5.37. The maximum atomic E-state index is 12.4. The van der Waals surface area contributed by atoms with Crippen LogP contribution in [0.2, 0.25) is 0 Å². The summed E-state index contributed by atoms with van der Waals surface area (Å²) in [6, 6.07) is 16.8. The molecule has 0 aliphatic heterocycles. The highest BCUT2D eigenvalue weighted by Crippen LogP contribution is 2.35. The highest BCUT2D eigenvalue weighted by atomic mass is 32.2. The number of methoxy groups -OCH3 is 1. The van der Waals surface area contributed by atoms with Crippen molar-refractivity contribution in [2.45, 2.75) is 4.90 Å². The molecule has 0 radical (unpaired) electrons. The first-order chi connectivity index (χ1) is 15.6. The minimum Gasteiger partial charge on any atom is -0.497 e. The van der Waals surface area contributed by atoms with Gasteiger partial charge in [0.1, 0.15) is 10.6 Å². The number of carbonyl (C=O) groups excluding carboxylic acids is 2. The predicted octanol–water partition coefficient (Wildman–Crippen LogP) is 2.34. The van der Waals surface area contributed by atoms with Gasteiger partial charge in [0, 0.05) is 17.3 Å². The number of sulfonamides is 1. The molecule has 0 saturated carbocycles. The molecular formula is C23H22N4O5S. The van der Waals surface area contributed by atoms with E-state index in [9.17, 15) is 18.0 Å². The van der Waals surface area contributed by atoms with Crippen molar-refractivity contribution in [2.75, 3.05) is 18.2 Å². The quantitative estimate of drug-likeness (QED) is 0.308. The van der Waals surface area contributed by atoms with Gasteiger partial charge in [-0.3, -0.25) is 9.59 Å². The zero-order chi connectivity index (χ0) is 24.2. The van der Waals surface area contributed by atoms with Crippen molar-refractivity contribution >= 4 is 39.3 Å². The van der Waals surface area contributed by atoms with E-state index in [4.69, 9.17) is 21.3 Å². The number of amides is 2. The van der Waals surface area contributed by atoms with E-state index in [0.29, 0.717) is 22.6 Å². The van der Waals surface area contributed by atoms with Crippen LogP contribution >= 0.6 is 0 Å². The van der Waals surface area contributed by atoms with Gasteiger partial charge in [-0.15, -0.1) is 0 Å². The zero-order valence-corrected chi connectivity index (χ0v) is 18.4. The highest BCUT2D eigenvalue weighted by Gasteiger charge is 2.26. The van der Waals surface area contributed by atoms with Crippen LogP contribution in [-0.2, 0) is 14.8 Å². The van der Waals surface area contributed by atoms with E-state index in [2.05, 4.69) is 5.32 Å². The Kier molecular flexibility index (Phi) is 6.80. The summed E-state index contributed by atoms with van der Waals surface area (Å²) in [4.78, 5) is 24.0. The summed E-state index contributed by atoms with van der Waals surface area (Å²) < 4.78 is 29.8. The van der Waals surface area contributed by atoms with Crippen molar-refractivity contribution in [3.63, 3.8) is 0 Å². The number of anilines is 2. The molecule has 0 bridgehead atoms. The molecule has 0 heterocycles. The molecule has 3 aromatic carbocycles. The van der Waals surface area contributed by atoms with Crippen molar-refractivity contribution in [3.8, 4) is 16.9 Å². The second-order valence-corrected chi connectivity index (χ2v) is 8.46. The van der Waals surface area contributed by atoms with Crippen molar-refractivity contribution < 1.29 is 22.7 Å². The number of primary amides is 1. The molecule has 2 amide bonds. The summed E-state index contributed by atoms with van der Waals surface area (Å²) in [5.74, 6) is -0.985. The second-order valence-electron chi connectivity index (χ2n) is 6.96. The molecule has 7 N–H and O–H groups in total. The molecule has 9 nitrogen and oxygen atoms in total. The lowest BCUT2D eigenvalue weighted by Crippen LogP contribution is -2.24. The minimum atomic E-state index is -4.42. The number of nitrogens with two attached hydrogens (primary N) is 3. The van der Waals surface area contributed by atoms with Gasteiger partial charge in [0.15, 0.2) is 0 Å². The standard InChI is InChI=1S/C23H22N4O5S/c1-32-17-10-8-16(9-11-17)27-19(28)12-7-15-13-18(14-5-3-2-4-6-14)21(24)20(23(25)29)22(15)33(26,30)31/h2-13H,24H2,1H3,(H2,25,29)(H,27,28)(H2,26,30,31). The smallest absolute Gasteiger partial charge is 0.252 e. The van der Waals surface area contributed by atoms with Crippen LogP contribution in [0.15, 0.2) is 71.6 Å². The average Bonchev–Trinajstić information content (AvgIpc) is 2.78. The number of rotatable bonds is 7.